The Kier molecular flexibility index (Phi) is 8.35. The Balaban J connectivity index is 1.58. The van der Waals surface area contributed by atoms with Gasteiger partial charge < -0.3 is 15.1 Å². The molecule has 6 nitrogen and oxygen atoms in total. The fourth-order valence-electron chi connectivity index (χ4n) is 3.79. The first kappa shape index (κ1) is 23.6. The summed E-state index contributed by atoms with van der Waals surface area (Å²) in [6, 6.07) is 15.1. The SMILES string of the molecule is CCN1CCN(c2ccc(Cl)cc2NC(=O)CS(=O)(=O)CCCc2ccccc2)CC1. The molecule has 1 saturated heterocycles. The molecule has 8 heteroatoms. The molecule has 1 amide bonds. The second-order valence-electron chi connectivity index (χ2n) is 7.81. The fourth-order valence-corrected chi connectivity index (χ4v) is 5.16. The molecular formula is C23H30ClN3O3S. The second-order valence-corrected chi connectivity index (χ2v) is 10.4. The third kappa shape index (κ3) is 7.23. The molecule has 3 rings (SSSR count). The highest BCUT2D eigenvalue weighted by Crippen LogP contribution is 2.30. The third-order valence-corrected chi connectivity index (χ3v) is 7.36. The monoisotopic (exact) mass is 463 g/mol. The molecule has 0 aliphatic carbocycles. The van der Waals surface area contributed by atoms with Crippen molar-refractivity contribution in [2.24, 2.45) is 0 Å². The van der Waals surface area contributed by atoms with Crippen molar-refractivity contribution in [3.05, 3.63) is 59.1 Å². The van der Waals surface area contributed by atoms with Crippen molar-refractivity contribution in [3.8, 4) is 0 Å². The lowest BCUT2D eigenvalue weighted by Crippen LogP contribution is -2.46. The number of carbonyl (C=O) groups excluding carboxylic acids is 1. The second kappa shape index (κ2) is 11.0. The Bertz CT molecular complexity index is 975. The largest absolute Gasteiger partial charge is 0.367 e. The summed E-state index contributed by atoms with van der Waals surface area (Å²) in [4.78, 5) is 17.1. The van der Waals surface area contributed by atoms with Crippen molar-refractivity contribution in [2.75, 3.05) is 54.4 Å². The molecule has 1 aliphatic rings. The van der Waals surface area contributed by atoms with Crippen LogP contribution in [0.3, 0.4) is 0 Å². The summed E-state index contributed by atoms with van der Waals surface area (Å²) in [5.74, 6) is -1.08. The van der Waals surface area contributed by atoms with E-state index in [1.165, 1.54) is 0 Å². The van der Waals surface area contributed by atoms with Crippen LogP contribution in [0.5, 0.6) is 0 Å². The van der Waals surface area contributed by atoms with Crippen LogP contribution in [0.15, 0.2) is 48.5 Å². The fraction of sp³-hybridized carbons (Fsp3) is 0.435. The highest BCUT2D eigenvalue weighted by Gasteiger charge is 2.21. The molecule has 0 unspecified atom stereocenters. The predicted octanol–water partition coefficient (Wildman–Crippen LogP) is 3.47. The van der Waals surface area contributed by atoms with Gasteiger partial charge in [0, 0.05) is 31.2 Å². The van der Waals surface area contributed by atoms with Gasteiger partial charge in [-0.1, -0.05) is 48.9 Å². The van der Waals surface area contributed by atoms with E-state index in [4.69, 9.17) is 11.6 Å². The number of piperazine rings is 1. The van der Waals surface area contributed by atoms with Crippen LogP contribution >= 0.6 is 11.6 Å². The van der Waals surface area contributed by atoms with Gasteiger partial charge in [-0.05, 0) is 43.1 Å². The molecular weight excluding hydrogens is 434 g/mol. The summed E-state index contributed by atoms with van der Waals surface area (Å²) in [6.45, 7) is 6.74. The first-order chi connectivity index (χ1) is 14.9. The minimum absolute atomic E-state index is 0.0172. The molecule has 0 spiro atoms. The van der Waals surface area contributed by atoms with Crippen molar-refractivity contribution in [1.29, 1.82) is 0 Å². The van der Waals surface area contributed by atoms with Crippen LogP contribution < -0.4 is 10.2 Å². The molecule has 0 radical (unpaired) electrons. The number of nitrogens with one attached hydrogen (secondary N) is 1. The molecule has 2 aromatic rings. The van der Waals surface area contributed by atoms with Gasteiger partial charge in [-0.2, -0.15) is 0 Å². The summed E-state index contributed by atoms with van der Waals surface area (Å²) in [7, 11) is -3.49. The van der Waals surface area contributed by atoms with Gasteiger partial charge in [0.05, 0.1) is 17.1 Å². The van der Waals surface area contributed by atoms with Crippen molar-refractivity contribution in [2.45, 2.75) is 19.8 Å². The van der Waals surface area contributed by atoms with Gasteiger partial charge in [-0.15, -0.1) is 0 Å². The van der Waals surface area contributed by atoms with Crippen LogP contribution in [-0.4, -0.2) is 63.5 Å². The van der Waals surface area contributed by atoms with Crippen LogP contribution in [0, 0.1) is 0 Å². The van der Waals surface area contributed by atoms with Gasteiger partial charge in [0.2, 0.25) is 5.91 Å². The maximum atomic E-state index is 12.5. The first-order valence-corrected chi connectivity index (χ1v) is 12.9. The number of hydrogen-bond donors (Lipinski definition) is 1. The quantitative estimate of drug-likeness (QED) is 0.616. The van der Waals surface area contributed by atoms with Gasteiger partial charge in [0.25, 0.3) is 0 Å². The molecule has 0 aromatic heterocycles. The molecule has 1 aliphatic heterocycles. The zero-order valence-corrected chi connectivity index (χ0v) is 19.5. The van der Waals surface area contributed by atoms with E-state index in [0.717, 1.165) is 44.0 Å². The highest BCUT2D eigenvalue weighted by molar-refractivity contribution is 7.92. The van der Waals surface area contributed by atoms with Gasteiger partial charge in [0.1, 0.15) is 5.75 Å². The number of carbonyl (C=O) groups is 1. The van der Waals surface area contributed by atoms with Crippen LogP contribution in [0.2, 0.25) is 5.02 Å². The molecule has 0 atom stereocenters. The number of anilines is 2. The maximum Gasteiger partial charge on any atom is 0.239 e. The Labute approximate surface area is 190 Å². The van der Waals surface area contributed by atoms with Crippen molar-refractivity contribution < 1.29 is 13.2 Å². The smallest absolute Gasteiger partial charge is 0.239 e. The molecule has 31 heavy (non-hydrogen) atoms. The van der Waals surface area contributed by atoms with Gasteiger partial charge in [-0.25, -0.2) is 8.42 Å². The molecule has 1 heterocycles. The van der Waals surface area contributed by atoms with E-state index >= 15 is 0 Å². The van der Waals surface area contributed by atoms with E-state index in [1.807, 2.05) is 36.4 Å². The Morgan fingerprint density at radius 1 is 1.06 bits per heavy atom. The molecule has 2 aromatic carbocycles. The number of benzene rings is 2. The topological polar surface area (TPSA) is 69.7 Å². The van der Waals surface area contributed by atoms with Gasteiger partial charge >= 0.3 is 0 Å². The van der Waals surface area contributed by atoms with Crippen LogP contribution in [-0.2, 0) is 21.1 Å². The molecule has 1 N–H and O–H groups in total. The van der Waals surface area contributed by atoms with E-state index < -0.39 is 21.5 Å². The van der Waals surface area contributed by atoms with Crippen LogP contribution in [0.4, 0.5) is 11.4 Å². The number of nitrogens with zero attached hydrogens (tertiary/aromatic N) is 2. The standard InChI is InChI=1S/C23H30ClN3O3S/c1-2-26-12-14-27(15-13-26)22-11-10-20(24)17-21(22)25-23(28)18-31(29,30)16-6-9-19-7-4-3-5-8-19/h3-5,7-8,10-11,17H,2,6,9,12-16,18H2,1H3,(H,25,28). The first-order valence-electron chi connectivity index (χ1n) is 10.7. The number of aryl methyl sites for hydroxylation is 1. The minimum atomic E-state index is -3.49. The normalized spacial score (nSPS) is 15.1. The number of rotatable bonds is 9. The molecule has 168 valence electrons. The molecule has 0 saturated carbocycles. The van der Waals surface area contributed by atoms with E-state index in [0.29, 0.717) is 23.6 Å². The van der Waals surface area contributed by atoms with Gasteiger partial charge in [-0.3, -0.25) is 4.79 Å². The lowest BCUT2D eigenvalue weighted by molar-refractivity contribution is -0.113. The summed E-state index contributed by atoms with van der Waals surface area (Å²) in [5, 5.41) is 3.28. The minimum Gasteiger partial charge on any atom is -0.367 e. The maximum absolute atomic E-state index is 12.5. The van der Waals surface area contributed by atoms with Crippen LogP contribution in [0.1, 0.15) is 18.9 Å². The zero-order chi connectivity index (χ0) is 22.3. The lowest BCUT2D eigenvalue weighted by atomic mass is 10.1. The highest BCUT2D eigenvalue weighted by atomic mass is 35.5. The molecule has 0 bridgehead atoms. The van der Waals surface area contributed by atoms with Crippen molar-refractivity contribution in [1.82, 2.24) is 4.90 Å². The number of halogens is 1. The third-order valence-electron chi connectivity index (χ3n) is 5.51. The van der Waals surface area contributed by atoms with E-state index in [1.54, 1.807) is 12.1 Å². The summed E-state index contributed by atoms with van der Waals surface area (Å²) in [6.07, 6.45) is 1.16. The zero-order valence-electron chi connectivity index (χ0n) is 17.9. The Morgan fingerprint density at radius 3 is 2.45 bits per heavy atom. The Morgan fingerprint density at radius 2 is 1.77 bits per heavy atom. The number of amides is 1. The summed E-state index contributed by atoms with van der Waals surface area (Å²) in [5.41, 5.74) is 2.52. The summed E-state index contributed by atoms with van der Waals surface area (Å²) >= 11 is 6.15. The molecule has 1 fully saturated rings. The predicted molar refractivity (Wildman–Crippen MR) is 128 cm³/mol. The Hall–Kier alpha value is -2.09. The summed E-state index contributed by atoms with van der Waals surface area (Å²) < 4.78 is 24.9. The van der Waals surface area contributed by atoms with Crippen molar-refractivity contribution in [3.63, 3.8) is 0 Å². The number of sulfone groups is 1. The average Bonchev–Trinajstić information content (AvgIpc) is 2.74. The van der Waals surface area contributed by atoms with E-state index in [9.17, 15) is 13.2 Å². The number of hydrogen-bond acceptors (Lipinski definition) is 5. The van der Waals surface area contributed by atoms with Crippen LogP contribution in [0.25, 0.3) is 0 Å². The van der Waals surface area contributed by atoms with E-state index in [2.05, 4.69) is 22.0 Å². The number of likely N-dealkylation sites (N-methyl/N-ethyl adjacent to an activating group) is 1. The van der Waals surface area contributed by atoms with Crippen molar-refractivity contribution >= 4 is 38.7 Å². The van der Waals surface area contributed by atoms with Gasteiger partial charge in [0.15, 0.2) is 9.84 Å². The average molecular weight is 464 g/mol. The van der Waals surface area contributed by atoms with E-state index in [-0.39, 0.29) is 5.75 Å². The lowest BCUT2D eigenvalue weighted by Gasteiger charge is -2.36.